The molecule has 4 nitrogen and oxygen atoms in total. The Labute approximate surface area is 139 Å². The van der Waals surface area contributed by atoms with Crippen molar-refractivity contribution in [1.82, 2.24) is 5.32 Å². The summed E-state index contributed by atoms with van der Waals surface area (Å²) in [4.78, 5) is 12.3. The fourth-order valence-corrected chi connectivity index (χ4v) is 2.55. The number of anilines is 1. The maximum atomic E-state index is 12.3. The van der Waals surface area contributed by atoms with Crippen LogP contribution in [-0.2, 0) is 4.79 Å². The summed E-state index contributed by atoms with van der Waals surface area (Å²) in [7, 11) is 0. The summed E-state index contributed by atoms with van der Waals surface area (Å²) in [6.07, 6.45) is 3.00. The van der Waals surface area contributed by atoms with E-state index in [1.165, 1.54) is 0 Å². The topological polar surface area (TPSA) is 50.4 Å². The maximum absolute atomic E-state index is 12.3. The highest BCUT2D eigenvalue weighted by Gasteiger charge is 2.24. The first-order valence-electron chi connectivity index (χ1n) is 7.89. The molecule has 0 bridgehead atoms. The van der Waals surface area contributed by atoms with E-state index in [2.05, 4.69) is 24.5 Å². The van der Waals surface area contributed by atoms with E-state index in [-0.39, 0.29) is 30.3 Å². The van der Waals surface area contributed by atoms with E-state index < -0.39 is 0 Å². The summed E-state index contributed by atoms with van der Waals surface area (Å²) in [5, 5.41) is 6.37. The van der Waals surface area contributed by atoms with Gasteiger partial charge in [0.25, 0.3) is 0 Å². The Morgan fingerprint density at radius 2 is 2.09 bits per heavy atom. The van der Waals surface area contributed by atoms with Crippen LogP contribution >= 0.6 is 12.4 Å². The van der Waals surface area contributed by atoms with Crippen LogP contribution in [-0.4, -0.2) is 24.6 Å². The van der Waals surface area contributed by atoms with Gasteiger partial charge >= 0.3 is 0 Å². The summed E-state index contributed by atoms with van der Waals surface area (Å²) in [6.45, 7) is 7.19. The van der Waals surface area contributed by atoms with Gasteiger partial charge in [-0.3, -0.25) is 4.79 Å². The Balaban J connectivity index is 0.00000242. The van der Waals surface area contributed by atoms with E-state index in [0.29, 0.717) is 6.04 Å². The molecule has 124 valence electrons. The third kappa shape index (κ3) is 5.50. The van der Waals surface area contributed by atoms with Gasteiger partial charge in [-0.1, -0.05) is 6.92 Å². The smallest absolute Gasteiger partial charge is 0.227 e. The molecule has 1 heterocycles. The lowest BCUT2D eigenvalue weighted by atomic mass is 9.92. The van der Waals surface area contributed by atoms with Crippen molar-refractivity contribution < 1.29 is 9.53 Å². The number of hydrogen-bond acceptors (Lipinski definition) is 3. The third-order valence-corrected chi connectivity index (χ3v) is 4.03. The normalized spacial score (nSPS) is 22.3. The summed E-state index contributed by atoms with van der Waals surface area (Å²) >= 11 is 0. The molecule has 0 aromatic heterocycles. The quantitative estimate of drug-likeness (QED) is 0.869. The molecule has 1 amide bonds. The van der Waals surface area contributed by atoms with Crippen molar-refractivity contribution in [3.63, 3.8) is 0 Å². The Morgan fingerprint density at radius 3 is 2.68 bits per heavy atom. The Hall–Kier alpha value is -1.26. The lowest BCUT2D eigenvalue weighted by Gasteiger charge is -2.27. The van der Waals surface area contributed by atoms with Crippen molar-refractivity contribution in [2.75, 3.05) is 11.9 Å². The van der Waals surface area contributed by atoms with Gasteiger partial charge in [-0.15, -0.1) is 12.4 Å². The molecule has 0 aliphatic carbocycles. The lowest BCUT2D eigenvalue weighted by Crippen LogP contribution is -2.40. The molecular weight excluding hydrogens is 300 g/mol. The number of rotatable bonds is 5. The van der Waals surface area contributed by atoms with Gasteiger partial charge < -0.3 is 15.4 Å². The molecule has 0 radical (unpaired) electrons. The predicted octanol–water partition coefficient (Wildman–Crippen LogP) is 3.61. The fourth-order valence-electron chi connectivity index (χ4n) is 2.55. The van der Waals surface area contributed by atoms with Crippen LogP contribution in [0.15, 0.2) is 24.3 Å². The molecule has 2 N–H and O–H groups in total. The van der Waals surface area contributed by atoms with Crippen LogP contribution in [0, 0.1) is 5.92 Å². The number of hydrogen-bond donors (Lipinski definition) is 2. The van der Waals surface area contributed by atoms with Gasteiger partial charge in [-0.25, -0.2) is 0 Å². The van der Waals surface area contributed by atoms with E-state index in [0.717, 1.165) is 37.2 Å². The third-order valence-electron chi connectivity index (χ3n) is 4.03. The Kier molecular flexibility index (Phi) is 7.69. The van der Waals surface area contributed by atoms with Crippen molar-refractivity contribution in [1.29, 1.82) is 0 Å². The average molecular weight is 327 g/mol. The minimum Gasteiger partial charge on any atom is -0.491 e. The van der Waals surface area contributed by atoms with Crippen LogP contribution in [0.1, 0.15) is 40.0 Å². The van der Waals surface area contributed by atoms with E-state index in [1.54, 1.807) is 0 Å². The molecule has 1 aromatic rings. The van der Waals surface area contributed by atoms with E-state index in [9.17, 15) is 4.79 Å². The van der Waals surface area contributed by atoms with E-state index in [4.69, 9.17) is 4.74 Å². The van der Waals surface area contributed by atoms with Crippen LogP contribution in [0.3, 0.4) is 0 Å². The van der Waals surface area contributed by atoms with Gasteiger partial charge in [0.15, 0.2) is 0 Å². The van der Waals surface area contributed by atoms with Crippen LogP contribution in [0.25, 0.3) is 0 Å². The zero-order valence-corrected chi connectivity index (χ0v) is 14.4. The van der Waals surface area contributed by atoms with Crippen molar-refractivity contribution in [3.05, 3.63) is 24.3 Å². The Bertz CT molecular complexity index is 464. The average Bonchev–Trinajstić information content (AvgIpc) is 2.49. The molecule has 3 atom stereocenters. The van der Waals surface area contributed by atoms with Gasteiger partial charge in [0.2, 0.25) is 5.91 Å². The van der Waals surface area contributed by atoms with Gasteiger partial charge in [0, 0.05) is 17.6 Å². The van der Waals surface area contributed by atoms with Crippen LogP contribution < -0.4 is 15.4 Å². The van der Waals surface area contributed by atoms with Gasteiger partial charge in [0.05, 0.1) is 6.10 Å². The zero-order chi connectivity index (χ0) is 15.2. The summed E-state index contributed by atoms with van der Waals surface area (Å²) in [5.74, 6) is 1.08. The van der Waals surface area contributed by atoms with Crippen molar-refractivity contribution in [3.8, 4) is 5.75 Å². The molecule has 1 saturated heterocycles. The van der Waals surface area contributed by atoms with E-state index >= 15 is 0 Å². The summed E-state index contributed by atoms with van der Waals surface area (Å²) in [5.41, 5.74) is 0.836. The number of piperidine rings is 1. The zero-order valence-electron chi connectivity index (χ0n) is 13.6. The second kappa shape index (κ2) is 9.01. The molecule has 1 aliphatic heterocycles. The van der Waals surface area contributed by atoms with E-state index in [1.807, 2.05) is 31.2 Å². The molecule has 22 heavy (non-hydrogen) atoms. The van der Waals surface area contributed by atoms with Gasteiger partial charge in [-0.05, 0) is 63.9 Å². The molecular formula is C17H27ClN2O2. The van der Waals surface area contributed by atoms with Crippen molar-refractivity contribution in [2.45, 2.75) is 52.2 Å². The minimum absolute atomic E-state index is 0. The van der Waals surface area contributed by atoms with Crippen LogP contribution in [0.4, 0.5) is 5.69 Å². The van der Waals surface area contributed by atoms with Gasteiger partial charge in [-0.2, -0.15) is 0 Å². The number of carbonyl (C=O) groups excluding carboxylic acids is 1. The number of halogens is 1. The number of ether oxygens (including phenoxy) is 1. The SMILES string of the molecule is CCC(C)Oc1ccc(NC(=O)[C@H]2CCN[C@@H](C)C2)cc1.Cl. The minimum atomic E-state index is 0. The second-order valence-electron chi connectivity index (χ2n) is 5.93. The fraction of sp³-hybridized carbons (Fsp3) is 0.588. The molecule has 0 saturated carbocycles. The highest BCUT2D eigenvalue weighted by Crippen LogP contribution is 2.21. The lowest BCUT2D eigenvalue weighted by molar-refractivity contribution is -0.120. The number of benzene rings is 1. The molecule has 1 unspecified atom stereocenters. The molecule has 0 spiro atoms. The molecule has 5 heteroatoms. The molecule has 2 rings (SSSR count). The number of carbonyl (C=O) groups is 1. The highest BCUT2D eigenvalue weighted by atomic mass is 35.5. The maximum Gasteiger partial charge on any atom is 0.227 e. The summed E-state index contributed by atoms with van der Waals surface area (Å²) in [6, 6.07) is 8.04. The number of amides is 1. The second-order valence-corrected chi connectivity index (χ2v) is 5.93. The highest BCUT2D eigenvalue weighted by molar-refractivity contribution is 5.92. The standard InChI is InChI=1S/C17H26N2O2.ClH/c1-4-13(3)21-16-7-5-15(6-8-16)19-17(20)14-9-10-18-12(2)11-14;/h5-8,12-14,18H,4,9-11H2,1-3H3,(H,19,20);1H/t12-,13?,14-;/m0./s1. The first-order valence-corrected chi connectivity index (χ1v) is 7.89. The summed E-state index contributed by atoms with van der Waals surface area (Å²) < 4.78 is 5.73. The number of nitrogens with one attached hydrogen (secondary N) is 2. The van der Waals surface area contributed by atoms with Crippen molar-refractivity contribution >= 4 is 24.0 Å². The first kappa shape index (κ1) is 18.8. The molecule has 1 fully saturated rings. The monoisotopic (exact) mass is 326 g/mol. The molecule has 1 aromatic carbocycles. The predicted molar refractivity (Wildman–Crippen MR) is 92.9 cm³/mol. The largest absolute Gasteiger partial charge is 0.491 e. The van der Waals surface area contributed by atoms with Crippen LogP contribution in [0.5, 0.6) is 5.75 Å². The van der Waals surface area contributed by atoms with Gasteiger partial charge in [0.1, 0.15) is 5.75 Å². The van der Waals surface area contributed by atoms with Crippen molar-refractivity contribution in [2.24, 2.45) is 5.92 Å². The Morgan fingerprint density at radius 1 is 1.41 bits per heavy atom. The van der Waals surface area contributed by atoms with Crippen LogP contribution in [0.2, 0.25) is 0 Å². The first-order chi connectivity index (χ1) is 10.1. The molecule has 1 aliphatic rings.